The van der Waals surface area contributed by atoms with E-state index in [9.17, 15) is 0 Å². The molecule has 2 aromatic rings. The second-order valence-corrected chi connectivity index (χ2v) is 5.42. The Morgan fingerprint density at radius 3 is 2.68 bits per heavy atom. The smallest absolute Gasteiger partial charge is 0.0439 e. The number of nitrogens with one attached hydrogen (secondary N) is 1. The van der Waals surface area contributed by atoms with E-state index in [0.29, 0.717) is 5.02 Å². The largest absolute Gasteiger partial charge is 0.313 e. The fourth-order valence-corrected chi connectivity index (χ4v) is 2.46. The molecule has 0 aliphatic carbocycles. The van der Waals surface area contributed by atoms with E-state index in [-0.39, 0.29) is 6.04 Å². The Balaban J connectivity index is 2.26. The Morgan fingerprint density at radius 1 is 1.21 bits per heavy atom. The van der Waals surface area contributed by atoms with Gasteiger partial charge in [-0.2, -0.15) is 0 Å². The van der Waals surface area contributed by atoms with Gasteiger partial charge in [0.05, 0.1) is 0 Å². The highest BCUT2D eigenvalue weighted by Gasteiger charge is 2.13. The third-order valence-corrected chi connectivity index (χ3v) is 3.68. The molecule has 1 N–H and O–H groups in total. The molecule has 0 radical (unpaired) electrons. The molecular formula is C15H16Cl2N2. The van der Waals surface area contributed by atoms with Gasteiger partial charge in [0.2, 0.25) is 0 Å². The first kappa shape index (κ1) is 14.3. The first-order valence-corrected chi connectivity index (χ1v) is 6.88. The SMILES string of the molecule is CNC(Cc1cc(Cl)ccc1Cl)c1cncc(C)c1. The van der Waals surface area contributed by atoms with Crippen molar-refractivity contribution < 1.29 is 0 Å². The van der Waals surface area contributed by atoms with E-state index < -0.39 is 0 Å². The van der Waals surface area contributed by atoms with Crippen LogP contribution in [0.3, 0.4) is 0 Å². The number of aryl methyl sites for hydroxylation is 1. The van der Waals surface area contributed by atoms with Gasteiger partial charge in [-0.3, -0.25) is 4.98 Å². The van der Waals surface area contributed by atoms with Crippen LogP contribution in [0.5, 0.6) is 0 Å². The van der Waals surface area contributed by atoms with Gasteiger partial charge in [-0.05, 0) is 55.3 Å². The molecule has 2 rings (SSSR count). The van der Waals surface area contributed by atoms with E-state index in [0.717, 1.165) is 28.1 Å². The molecule has 0 aliphatic rings. The minimum atomic E-state index is 0.170. The summed E-state index contributed by atoms with van der Waals surface area (Å²) in [5.74, 6) is 0. The zero-order valence-electron chi connectivity index (χ0n) is 11.0. The molecule has 0 spiro atoms. The summed E-state index contributed by atoms with van der Waals surface area (Å²) in [5.41, 5.74) is 3.34. The van der Waals surface area contributed by atoms with Crippen LogP contribution in [0.4, 0.5) is 0 Å². The fraction of sp³-hybridized carbons (Fsp3) is 0.267. The lowest BCUT2D eigenvalue weighted by Crippen LogP contribution is -2.19. The zero-order chi connectivity index (χ0) is 13.8. The van der Waals surface area contributed by atoms with Crippen molar-refractivity contribution in [2.75, 3.05) is 7.05 Å². The first-order chi connectivity index (χ1) is 9.10. The van der Waals surface area contributed by atoms with Gasteiger partial charge < -0.3 is 5.32 Å². The highest BCUT2D eigenvalue weighted by atomic mass is 35.5. The topological polar surface area (TPSA) is 24.9 Å². The van der Waals surface area contributed by atoms with Crippen LogP contribution in [0.15, 0.2) is 36.7 Å². The van der Waals surface area contributed by atoms with Gasteiger partial charge in [0.25, 0.3) is 0 Å². The maximum Gasteiger partial charge on any atom is 0.0439 e. The molecule has 19 heavy (non-hydrogen) atoms. The zero-order valence-corrected chi connectivity index (χ0v) is 12.5. The number of hydrogen-bond donors (Lipinski definition) is 1. The van der Waals surface area contributed by atoms with Gasteiger partial charge in [0, 0.05) is 28.5 Å². The minimum absolute atomic E-state index is 0.170. The van der Waals surface area contributed by atoms with Crippen LogP contribution < -0.4 is 5.32 Å². The summed E-state index contributed by atoms with van der Waals surface area (Å²) in [6, 6.07) is 7.85. The number of halogens is 2. The van der Waals surface area contributed by atoms with Crippen LogP contribution in [0.1, 0.15) is 22.7 Å². The van der Waals surface area contributed by atoms with Crippen molar-refractivity contribution in [2.45, 2.75) is 19.4 Å². The molecule has 4 heteroatoms. The molecule has 100 valence electrons. The number of rotatable bonds is 4. The van der Waals surface area contributed by atoms with Gasteiger partial charge in [0.15, 0.2) is 0 Å². The Bertz CT molecular complexity index is 570. The van der Waals surface area contributed by atoms with Crippen molar-refractivity contribution in [1.29, 1.82) is 0 Å². The lowest BCUT2D eigenvalue weighted by Gasteiger charge is -2.17. The second-order valence-electron chi connectivity index (χ2n) is 4.58. The summed E-state index contributed by atoms with van der Waals surface area (Å²) >= 11 is 12.2. The minimum Gasteiger partial charge on any atom is -0.313 e. The van der Waals surface area contributed by atoms with Crippen molar-refractivity contribution in [3.05, 3.63) is 63.4 Å². The van der Waals surface area contributed by atoms with Crippen LogP contribution in [0.25, 0.3) is 0 Å². The summed E-state index contributed by atoms with van der Waals surface area (Å²) in [4.78, 5) is 4.24. The molecule has 0 saturated heterocycles. The first-order valence-electron chi connectivity index (χ1n) is 6.13. The van der Waals surface area contributed by atoms with Gasteiger partial charge in [-0.1, -0.05) is 29.3 Å². The molecule has 1 aromatic carbocycles. The molecule has 0 bridgehead atoms. The van der Waals surface area contributed by atoms with Crippen molar-refractivity contribution in [2.24, 2.45) is 0 Å². The van der Waals surface area contributed by atoms with Gasteiger partial charge in [0.1, 0.15) is 0 Å². The maximum absolute atomic E-state index is 6.21. The summed E-state index contributed by atoms with van der Waals surface area (Å²) in [5, 5.41) is 4.75. The lowest BCUT2D eigenvalue weighted by atomic mass is 9.99. The highest BCUT2D eigenvalue weighted by Crippen LogP contribution is 2.26. The fourth-order valence-electron chi connectivity index (χ4n) is 2.08. The van der Waals surface area contributed by atoms with Gasteiger partial charge >= 0.3 is 0 Å². The van der Waals surface area contributed by atoms with E-state index >= 15 is 0 Å². The summed E-state index contributed by atoms with van der Waals surface area (Å²) in [6.45, 7) is 2.04. The summed E-state index contributed by atoms with van der Waals surface area (Å²) < 4.78 is 0. The average Bonchev–Trinajstić information content (AvgIpc) is 2.39. The summed E-state index contributed by atoms with van der Waals surface area (Å²) in [6.07, 6.45) is 4.51. The lowest BCUT2D eigenvalue weighted by molar-refractivity contribution is 0.589. The Kier molecular flexibility index (Phi) is 4.81. The van der Waals surface area contributed by atoms with Crippen molar-refractivity contribution >= 4 is 23.2 Å². The molecule has 0 fully saturated rings. The Hall–Kier alpha value is -1.09. The third kappa shape index (κ3) is 3.69. The van der Waals surface area contributed by atoms with E-state index in [1.165, 1.54) is 0 Å². The van der Waals surface area contributed by atoms with E-state index in [4.69, 9.17) is 23.2 Å². The van der Waals surface area contributed by atoms with Crippen LogP contribution in [-0.4, -0.2) is 12.0 Å². The van der Waals surface area contributed by atoms with Crippen molar-refractivity contribution in [1.82, 2.24) is 10.3 Å². The molecular weight excluding hydrogens is 279 g/mol. The number of benzene rings is 1. The van der Waals surface area contributed by atoms with Crippen LogP contribution >= 0.6 is 23.2 Å². The molecule has 1 unspecified atom stereocenters. The molecule has 0 amide bonds. The number of hydrogen-bond acceptors (Lipinski definition) is 2. The highest BCUT2D eigenvalue weighted by molar-refractivity contribution is 6.33. The Labute approximate surface area is 123 Å². The predicted molar refractivity (Wildman–Crippen MR) is 80.9 cm³/mol. The van der Waals surface area contributed by atoms with Crippen LogP contribution in [-0.2, 0) is 6.42 Å². The van der Waals surface area contributed by atoms with E-state index in [1.54, 1.807) is 6.07 Å². The maximum atomic E-state index is 6.21. The van der Waals surface area contributed by atoms with Gasteiger partial charge in [-0.15, -0.1) is 0 Å². The van der Waals surface area contributed by atoms with Crippen molar-refractivity contribution in [3.63, 3.8) is 0 Å². The molecule has 1 heterocycles. The van der Waals surface area contributed by atoms with Crippen LogP contribution in [0.2, 0.25) is 10.0 Å². The number of aromatic nitrogens is 1. The normalized spacial score (nSPS) is 12.4. The number of nitrogens with zero attached hydrogens (tertiary/aromatic N) is 1. The van der Waals surface area contributed by atoms with E-state index in [2.05, 4.69) is 16.4 Å². The molecule has 1 aromatic heterocycles. The van der Waals surface area contributed by atoms with Gasteiger partial charge in [-0.25, -0.2) is 0 Å². The molecule has 2 nitrogen and oxygen atoms in total. The molecule has 0 aliphatic heterocycles. The standard InChI is InChI=1S/C15H16Cl2N2/c1-10-5-12(9-19-8-10)15(18-2)7-11-6-13(16)3-4-14(11)17/h3-6,8-9,15,18H,7H2,1-2H3. The molecule has 1 atom stereocenters. The second kappa shape index (κ2) is 6.38. The monoisotopic (exact) mass is 294 g/mol. The van der Waals surface area contributed by atoms with E-state index in [1.807, 2.05) is 38.5 Å². The summed E-state index contributed by atoms with van der Waals surface area (Å²) in [7, 11) is 1.94. The predicted octanol–water partition coefficient (Wildman–Crippen LogP) is 4.20. The quantitative estimate of drug-likeness (QED) is 0.914. The third-order valence-electron chi connectivity index (χ3n) is 3.08. The molecule has 0 saturated carbocycles. The average molecular weight is 295 g/mol. The van der Waals surface area contributed by atoms with Crippen LogP contribution in [0, 0.1) is 6.92 Å². The number of pyridine rings is 1. The Morgan fingerprint density at radius 2 is 2.00 bits per heavy atom. The number of likely N-dealkylation sites (N-methyl/N-ethyl adjacent to an activating group) is 1. The van der Waals surface area contributed by atoms with Crippen molar-refractivity contribution in [3.8, 4) is 0 Å².